The molecule has 0 atom stereocenters. The molecule has 0 saturated heterocycles. The lowest BCUT2D eigenvalue weighted by molar-refractivity contribution is 0.669. The highest BCUT2D eigenvalue weighted by Gasteiger charge is 2.18. The minimum Gasteiger partial charge on any atom is -0.456 e. The van der Waals surface area contributed by atoms with Crippen molar-refractivity contribution >= 4 is 54.3 Å². The van der Waals surface area contributed by atoms with Crippen LogP contribution >= 0.6 is 0 Å². The van der Waals surface area contributed by atoms with Gasteiger partial charge in [-0.2, -0.15) is 0 Å². The van der Waals surface area contributed by atoms with E-state index in [9.17, 15) is 5.48 Å². The first-order chi connectivity index (χ1) is 31.8. The highest BCUT2D eigenvalue weighted by atomic mass is 16.3. The Morgan fingerprint density at radius 3 is 1.87 bits per heavy atom. The zero-order chi connectivity index (χ0) is 45.9. The summed E-state index contributed by atoms with van der Waals surface area (Å²) in [4.78, 5) is 10.2. The number of fused-ring (bicyclic) bond motifs is 7. The molecular formula is C52H32N2O. The van der Waals surface area contributed by atoms with Crippen LogP contribution in [0, 0.1) is 0 Å². The normalized spacial score (nSPS) is 14.4. The number of rotatable bonds is 5. The molecule has 2 aromatic heterocycles. The molecule has 0 amide bonds. The standard InChI is InChI=1S/C52H32N2O/c1-3-13-33(14-4-1)38-27-39(36-24-26-50-46(30-36)43-21-11-12-22-49(43)55-50)29-40(28-38)47-32-48(54-52(53-47)35-16-5-2-6-17-35)51-42-20-10-8-18-37(42)31-45-41-19-9-7-15-34(41)23-25-44(45)51/h1-32H/i7D,8D,9D,10D,15D,18D,19D,20D,23D,25D,31D. The number of nitrogens with zero attached hydrogens (tertiary/aromatic N) is 2. The predicted molar refractivity (Wildman–Crippen MR) is 229 cm³/mol. The molecule has 3 nitrogen and oxygen atoms in total. The number of hydrogen-bond donors (Lipinski definition) is 0. The van der Waals surface area contributed by atoms with Crippen LogP contribution in [0.3, 0.4) is 0 Å². The van der Waals surface area contributed by atoms with Crippen molar-refractivity contribution in [2.75, 3.05) is 0 Å². The summed E-state index contributed by atoms with van der Waals surface area (Å²) < 4.78 is 105. The number of aromatic nitrogens is 2. The maximum atomic E-state index is 9.60. The van der Waals surface area contributed by atoms with Gasteiger partial charge in [-0.15, -0.1) is 0 Å². The largest absolute Gasteiger partial charge is 0.456 e. The Morgan fingerprint density at radius 2 is 1.04 bits per heavy atom. The Labute approximate surface area is 333 Å². The van der Waals surface area contributed by atoms with E-state index in [0.29, 0.717) is 16.8 Å². The van der Waals surface area contributed by atoms with E-state index in [4.69, 9.17) is 24.0 Å². The van der Waals surface area contributed by atoms with Gasteiger partial charge in [-0.1, -0.05) is 145 Å². The van der Waals surface area contributed by atoms with Crippen molar-refractivity contribution in [3.8, 4) is 56.2 Å². The first-order valence-corrected chi connectivity index (χ1v) is 17.7. The molecule has 0 spiro atoms. The van der Waals surface area contributed by atoms with Gasteiger partial charge in [0.1, 0.15) is 11.2 Å². The highest BCUT2D eigenvalue weighted by Crippen LogP contribution is 2.41. The maximum Gasteiger partial charge on any atom is 0.160 e. The minimum atomic E-state index is -0.619. The fourth-order valence-corrected chi connectivity index (χ4v) is 7.40. The Hall–Kier alpha value is -7.36. The van der Waals surface area contributed by atoms with Crippen molar-refractivity contribution in [3.63, 3.8) is 0 Å². The molecule has 55 heavy (non-hydrogen) atoms. The molecule has 3 heteroatoms. The molecule has 9 aromatic carbocycles. The predicted octanol–water partition coefficient (Wildman–Crippen LogP) is 14.2. The summed E-state index contributed by atoms with van der Waals surface area (Å²) >= 11 is 0. The van der Waals surface area contributed by atoms with Gasteiger partial charge in [-0.05, 0) is 103 Å². The van der Waals surface area contributed by atoms with Crippen LogP contribution in [0.25, 0.3) is 110 Å². The van der Waals surface area contributed by atoms with E-state index in [-0.39, 0.29) is 49.4 Å². The SMILES string of the molecule is [2H]c1c([2H])c([2H])c2c([2H])c3c(c([2H])c([2H])c4c([2H])c([2H])c([2H])c([2H])c43)c(-c3cc(-c4cc(-c5ccccc5)cc(-c5ccc6oc7ccccc7c6c5)c4)nc(-c4ccccc4)n3)c2c1[2H]. The summed E-state index contributed by atoms with van der Waals surface area (Å²) in [5.41, 5.74) is 6.86. The van der Waals surface area contributed by atoms with Crippen LogP contribution < -0.4 is 0 Å². The second-order valence-corrected chi connectivity index (χ2v) is 13.3. The summed E-state index contributed by atoms with van der Waals surface area (Å²) in [5.74, 6) is 0.235. The fourth-order valence-electron chi connectivity index (χ4n) is 7.40. The zero-order valence-electron chi connectivity index (χ0n) is 39.9. The van der Waals surface area contributed by atoms with Gasteiger partial charge in [0, 0.05) is 27.5 Å². The van der Waals surface area contributed by atoms with E-state index < -0.39 is 66.5 Å². The van der Waals surface area contributed by atoms with Crippen LogP contribution in [0.1, 0.15) is 15.1 Å². The lowest BCUT2D eigenvalue weighted by Gasteiger charge is -2.16. The lowest BCUT2D eigenvalue weighted by atomic mass is 9.90. The van der Waals surface area contributed by atoms with Gasteiger partial charge in [0.2, 0.25) is 0 Å². The van der Waals surface area contributed by atoms with Crippen molar-refractivity contribution in [1.82, 2.24) is 9.97 Å². The Morgan fingerprint density at radius 1 is 0.382 bits per heavy atom. The molecule has 0 N–H and O–H groups in total. The van der Waals surface area contributed by atoms with Gasteiger partial charge in [0.25, 0.3) is 0 Å². The van der Waals surface area contributed by atoms with Gasteiger partial charge >= 0.3 is 0 Å². The molecular weight excluding hydrogens is 669 g/mol. The van der Waals surface area contributed by atoms with Gasteiger partial charge in [0.15, 0.2) is 5.82 Å². The van der Waals surface area contributed by atoms with Crippen molar-refractivity contribution < 1.29 is 19.5 Å². The summed E-state index contributed by atoms with van der Waals surface area (Å²) in [6, 6.07) is 34.6. The van der Waals surface area contributed by atoms with Crippen LogP contribution in [0.4, 0.5) is 0 Å². The highest BCUT2D eigenvalue weighted by molar-refractivity contribution is 6.20. The van der Waals surface area contributed by atoms with Crippen LogP contribution in [0.2, 0.25) is 0 Å². The van der Waals surface area contributed by atoms with E-state index in [1.54, 1.807) is 6.07 Å². The van der Waals surface area contributed by atoms with E-state index in [1.807, 2.05) is 109 Å². The van der Waals surface area contributed by atoms with Gasteiger partial charge in [0.05, 0.1) is 26.5 Å². The van der Waals surface area contributed by atoms with Crippen molar-refractivity contribution in [2.24, 2.45) is 0 Å². The first-order valence-electron chi connectivity index (χ1n) is 23.2. The second kappa shape index (κ2) is 12.6. The summed E-state index contributed by atoms with van der Waals surface area (Å²) in [5, 5.41) is 0.789. The van der Waals surface area contributed by atoms with E-state index in [2.05, 4.69) is 12.1 Å². The molecule has 0 unspecified atom stereocenters. The Balaban J connectivity index is 1.29. The molecule has 0 aliphatic rings. The molecule has 2 heterocycles. The molecule has 0 saturated carbocycles. The quantitative estimate of drug-likeness (QED) is 0.132. The van der Waals surface area contributed by atoms with Gasteiger partial charge < -0.3 is 4.42 Å². The molecule has 0 bridgehead atoms. The number of hydrogen-bond acceptors (Lipinski definition) is 3. The average molecular weight is 712 g/mol. The average Bonchev–Trinajstić information content (AvgIpc) is 3.73. The smallest absolute Gasteiger partial charge is 0.160 e. The van der Waals surface area contributed by atoms with E-state index in [0.717, 1.165) is 44.2 Å². The summed E-state index contributed by atoms with van der Waals surface area (Å²) in [6.07, 6.45) is 0. The van der Waals surface area contributed by atoms with Crippen LogP contribution in [-0.2, 0) is 0 Å². The molecule has 0 aliphatic heterocycles. The van der Waals surface area contributed by atoms with Crippen LogP contribution in [-0.4, -0.2) is 9.97 Å². The van der Waals surface area contributed by atoms with Crippen molar-refractivity contribution in [1.29, 1.82) is 0 Å². The molecule has 256 valence electrons. The van der Waals surface area contributed by atoms with Crippen LogP contribution in [0.5, 0.6) is 0 Å². The van der Waals surface area contributed by atoms with Crippen LogP contribution in [0.15, 0.2) is 198 Å². The monoisotopic (exact) mass is 711 g/mol. The Kier molecular flexibility index (Phi) is 5.06. The molecule has 0 aliphatic carbocycles. The molecule has 0 fully saturated rings. The number of para-hydroxylation sites is 1. The maximum absolute atomic E-state index is 9.60. The Bertz CT molecular complexity index is 3890. The topological polar surface area (TPSA) is 38.9 Å². The second-order valence-electron chi connectivity index (χ2n) is 13.3. The number of furan rings is 1. The number of benzene rings is 9. The lowest BCUT2D eigenvalue weighted by Crippen LogP contribution is -1.98. The molecule has 0 radical (unpaired) electrons. The first kappa shape index (κ1) is 22.0. The summed E-state index contributed by atoms with van der Waals surface area (Å²) in [7, 11) is 0. The van der Waals surface area contributed by atoms with Crippen molar-refractivity contribution in [3.05, 3.63) is 194 Å². The molecule has 11 rings (SSSR count). The van der Waals surface area contributed by atoms with E-state index in [1.165, 1.54) is 0 Å². The van der Waals surface area contributed by atoms with Gasteiger partial charge in [-0.3, -0.25) is 0 Å². The van der Waals surface area contributed by atoms with Crippen molar-refractivity contribution in [2.45, 2.75) is 0 Å². The third kappa shape index (κ3) is 5.36. The minimum absolute atomic E-state index is 0.00614. The summed E-state index contributed by atoms with van der Waals surface area (Å²) in [6.45, 7) is 0. The molecule has 11 aromatic rings. The fraction of sp³-hybridized carbons (Fsp3) is 0. The van der Waals surface area contributed by atoms with Gasteiger partial charge in [-0.25, -0.2) is 9.97 Å². The third-order valence-electron chi connectivity index (χ3n) is 10.00. The van der Waals surface area contributed by atoms with E-state index >= 15 is 0 Å². The zero-order valence-corrected chi connectivity index (χ0v) is 28.9. The third-order valence-corrected chi connectivity index (χ3v) is 10.00.